The predicted octanol–water partition coefficient (Wildman–Crippen LogP) is 1.49. The zero-order valence-electron chi connectivity index (χ0n) is 9.02. The maximum absolute atomic E-state index is 10.9. The van der Waals surface area contributed by atoms with Crippen LogP contribution in [0.5, 0.6) is 5.75 Å². The van der Waals surface area contributed by atoms with Crippen LogP contribution in [0.3, 0.4) is 0 Å². The molecule has 3 N–H and O–H groups in total. The van der Waals surface area contributed by atoms with Crippen molar-refractivity contribution in [3.8, 4) is 5.75 Å². The SMILES string of the molecule is O=CO.O=S(=O)(O)c1ccc2ccc(O)cc2c1. The monoisotopic (exact) mass is 270 g/mol. The number of phenolic OH excluding ortho intramolecular Hbond substituents is 1. The molecule has 0 radical (unpaired) electrons. The van der Waals surface area contributed by atoms with E-state index in [1.807, 2.05) is 0 Å². The van der Waals surface area contributed by atoms with Crippen molar-refractivity contribution < 1.29 is 28.0 Å². The van der Waals surface area contributed by atoms with Crippen LogP contribution in [0.2, 0.25) is 0 Å². The average molecular weight is 270 g/mol. The topological polar surface area (TPSA) is 112 Å². The lowest BCUT2D eigenvalue weighted by Gasteiger charge is -2.01. The van der Waals surface area contributed by atoms with Crippen molar-refractivity contribution in [3.05, 3.63) is 36.4 Å². The van der Waals surface area contributed by atoms with Gasteiger partial charge in [-0.2, -0.15) is 8.42 Å². The van der Waals surface area contributed by atoms with E-state index in [1.165, 1.54) is 24.3 Å². The van der Waals surface area contributed by atoms with E-state index in [0.717, 1.165) is 5.39 Å². The minimum atomic E-state index is -4.19. The zero-order chi connectivity index (χ0) is 13.8. The van der Waals surface area contributed by atoms with E-state index >= 15 is 0 Å². The third-order valence-corrected chi connectivity index (χ3v) is 2.94. The third kappa shape index (κ3) is 3.44. The molecule has 0 aliphatic rings. The molecule has 0 unspecified atom stereocenters. The Labute approximate surface area is 103 Å². The summed E-state index contributed by atoms with van der Waals surface area (Å²) in [6, 6.07) is 8.80. The number of rotatable bonds is 1. The van der Waals surface area contributed by atoms with E-state index in [-0.39, 0.29) is 17.1 Å². The highest BCUT2D eigenvalue weighted by molar-refractivity contribution is 7.85. The van der Waals surface area contributed by atoms with Crippen LogP contribution in [-0.4, -0.2) is 29.7 Å². The molecule has 0 aliphatic heterocycles. The molecule has 2 aromatic rings. The summed E-state index contributed by atoms with van der Waals surface area (Å²) in [4.78, 5) is 8.18. The summed E-state index contributed by atoms with van der Waals surface area (Å²) in [6.07, 6.45) is 0. The van der Waals surface area contributed by atoms with Crippen molar-refractivity contribution in [3.63, 3.8) is 0 Å². The number of carbonyl (C=O) groups is 1. The molecular weight excluding hydrogens is 260 g/mol. The van der Waals surface area contributed by atoms with Crippen molar-refractivity contribution in [1.29, 1.82) is 0 Å². The van der Waals surface area contributed by atoms with Gasteiger partial charge < -0.3 is 10.2 Å². The molecule has 0 bridgehead atoms. The first-order chi connectivity index (χ1) is 8.38. The lowest BCUT2D eigenvalue weighted by molar-refractivity contribution is -0.122. The summed E-state index contributed by atoms with van der Waals surface area (Å²) in [5.74, 6) is 0.0509. The second-order valence-corrected chi connectivity index (χ2v) is 4.70. The zero-order valence-corrected chi connectivity index (χ0v) is 9.83. The number of aromatic hydroxyl groups is 1. The Hall–Kier alpha value is -2.12. The molecule has 0 spiro atoms. The number of carboxylic acid groups (broad SMARTS) is 1. The van der Waals surface area contributed by atoms with Crippen molar-refractivity contribution in [1.82, 2.24) is 0 Å². The Morgan fingerprint density at radius 1 is 1.00 bits per heavy atom. The molecule has 0 heterocycles. The highest BCUT2D eigenvalue weighted by Crippen LogP contribution is 2.22. The highest BCUT2D eigenvalue weighted by Gasteiger charge is 2.09. The van der Waals surface area contributed by atoms with Crippen molar-refractivity contribution in [2.45, 2.75) is 4.90 Å². The fourth-order valence-corrected chi connectivity index (χ4v) is 1.89. The van der Waals surface area contributed by atoms with E-state index in [0.29, 0.717) is 5.39 Å². The van der Waals surface area contributed by atoms with Crippen LogP contribution in [-0.2, 0) is 14.9 Å². The molecule has 0 aliphatic carbocycles. The fourth-order valence-electron chi connectivity index (χ4n) is 1.37. The third-order valence-electron chi connectivity index (χ3n) is 2.09. The van der Waals surface area contributed by atoms with Crippen LogP contribution < -0.4 is 0 Å². The molecule has 0 saturated carbocycles. The van der Waals surface area contributed by atoms with Crippen LogP contribution in [0.4, 0.5) is 0 Å². The van der Waals surface area contributed by atoms with Gasteiger partial charge in [0.25, 0.3) is 16.6 Å². The highest BCUT2D eigenvalue weighted by atomic mass is 32.2. The summed E-state index contributed by atoms with van der Waals surface area (Å²) in [7, 11) is -4.19. The fraction of sp³-hybridized carbons (Fsp3) is 0. The van der Waals surface area contributed by atoms with Gasteiger partial charge in [0.1, 0.15) is 5.75 Å². The normalized spacial score (nSPS) is 10.5. The van der Waals surface area contributed by atoms with Gasteiger partial charge in [0.05, 0.1) is 4.90 Å². The summed E-state index contributed by atoms with van der Waals surface area (Å²) < 4.78 is 30.5. The average Bonchev–Trinajstić information content (AvgIpc) is 2.28. The Morgan fingerprint density at radius 3 is 2.11 bits per heavy atom. The Kier molecular flexibility index (Phi) is 4.24. The first-order valence-corrected chi connectivity index (χ1v) is 6.10. The molecule has 2 rings (SSSR count). The first-order valence-electron chi connectivity index (χ1n) is 4.66. The number of fused-ring (bicyclic) bond motifs is 1. The molecule has 18 heavy (non-hydrogen) atoms. The quantitative estimate of drug-likeness (QED) is 0.534. The van der Waals surface area contributed by atoms with Gasteiger partial charge in [-0.3, -0.25) is 9.35 Å². The number of benzene rings is 2. The Balaban J connectivity index is 0.000000492. The number of hydrogen-bond donors (Lipinski definition) is 3. The molecule has 0 amide bonds. The minimum Gasteiger partial charge on any atom is -0.508 e. The van der Waals surface area contributed by atoms with Gasteiger partial charge in [0.15, 0.2) is 0 Å². The second kappa shape index (κ2) is 5.48. The van der Waals surface area contributed by atoms with Crippen LogP contribution in [0, 0.1) is 0 Å². The summed E-state index contributed by atoms with van der Waals surface area (Å²) in [5, 5.41) is 17.5. The number of phenols is 1. The molecule has 96 valence electrons. The summed E-state index contributed by atoms with van der Waals surface area (Å²) >= 11 is 0. The lowest BCUT2D eigenvalue weighted by Crippen LogP contribution is -1.97. The van der Waals surface area contributed by atoms with Crippen LogP contribution in [0.25, 0.3) is 10.8 Å². The van der Waals surface area contributed by atoms with E-state index in [1.54, 1.807) is 12.1 Å². The largest absolute Gasteiger partial charge is 0.508 e. The molecule has 0 atom stereocenters. The minimum absolute atomic E-state index is 0.0509. The van der Waals surface area contributed by atoms with E-state index < -0.39 is 10.1 Å². The molecule has 0 saturated heterocycles. The van der Waals surface area contributed by atoms with Gasteiger partial charge in [0, 0.05) is 0 Å². The molecule has 7 heteroatoms. The van der Waals surface area contributed by atoms with E-state index in [9.17, 15) is 13.5 Å². The maximum Gasteiger partial charge on any atom is 0.294 e. The Morgan fingerprint density at radius 2 is 1.56 bits per heavy atom. The molecule has 0 fully saturated rings. The van der Waals surface area contributed by atoms with Crippen molar-refractivity contribution in [2.75, 3.05) is 0 Å². The van der Waals surface area contributed by atoms with Gasteiger partial charge in [-0.05, 0) is 35.0 Å². The van der Waals surface area contributed by atoms with E-state index in [2.05, 4.69) is 0 Å². The smallest absolute Gasteiger partial charge is 0.294 e. The lowest BCUT2D eigenvalue weighted by atomic mass is 10.1. The van der Waals surface area contributed by atoms with Gasteiger partial charge in [0.2, 0.25) is 0 Å². The maximum atomic E-state index is 10.9. The molecule has 6 nitrogen and oxygen atoms in total. The number of hydrogen-bond acceptors (Lipinski definition) is 4. The molecule has 0 aromatic heterocycles. The van der Waals surface area contributed by atoms with Gasteiger partial charge in [-0.25, -0.2) is 0 Å². The van der Waals surface area contributed by atoms with Gasteiger partial charge in [-0.15, -0.1) is 0 Å². The van der Waals surface area contributed by atoms with Crippen LogP contribution >= 0.6 is 0 Å². The molecule has 2 aromatic carbocycles. The van der Waals surface area contributed by atoms with Gasteiger partial charge in [-0.1, -0.05) is 12.1 Å². The van der Waals surface area contributed by atoms with Gasteiger partial charge >= 0.3 is 0 Å². The van der Waals surface area contributed by atoms with Crippen LogP contribution in [0.1, 0.15) is 0 Å². The van der Waals surface area contributed by atoms with E-state index in [4.69, 9.17) is 14.5 Å². The summed E-state index contributed by atoms with van der Waals surface area (Å²) in [5.41, 5.74) is 0. The predicted molar refractivity (Wildman–Crippen MR) is 64.1 cm³/mol. The Bertz CT molecular complexity index is 662. The first kappa shape index (κ1) is 13.9. The van der Waals surface area contributed by atoms with Crippen LogP contribution in [0.15, 0.2) is 41.3 Å². The second-order valence-electron chi connectivity index (χ2n) is 3.27. The molecular formula is C11H10O6S. The summed E-state index contributed by atoms with van der Waals surface area (Å²) in [6.45, 7) is -0.250. The van der Waals surface area contributed by atoms with Crippen molar-refractivity contribution >= 4 is 27.4 Å². The van der Waals surface area contributed by atoms with Crippen molar-refractivity contribution in [2.24, 2.45) is 0 Å². The standard InChI is InChI=1S/C10H8O4S.CH2O2/c11-9-3-1-7-2-4-10(15(12,13)14)6-8(7)5-9;2-1-3/h1-6,11H,(H,12,13,14);1H,(H,2,3).